The molecule has 4 heterocycles. The Morgan fingerprint density at radius 1 is 1.00 bits per heavy atom. The molecule has 3 aromatic heterocycles. The number of aromatic nitrogens is 3. The second-order valence-corrected chi connectivity index (χ2v) is 12.0. The van der Waals surface area contributed by atoms with E-state index >= 15 is 0 Å². The minimum absolute atomic E-state index is 0.171. The van der Waals surface area contributed by atoms with Crippen molar-refractivity contribution in [3.05, 3.63) is 121 Å². The highest BCUT2D eigenvalue weighted by Gasteiger charge is 2.23. The van der Waals surface area contributed by atoms with Gasteiger partial charge in [-0.1, -0.05) is 54.1 Å². The van der Waals surface area contributed by atoms with Gasteiger partial charge >= 0.3 is 0 Å². The van der Waals surface area contributed by atoms with E-state index in [0.717, 1.165) is 16.1 Å². The molecule has 0 saturated carbocycles. The highest BCUT2D eigenvalue weighted by atomic mass is 35.5. The highest BCUT2D eigenvalue weighted by Crippen LogP contribution is 2.32. The Kier molecular flexibility index (Phi) is 8.71. The van der Waals surface area contributed by atoms with Gasteiger partial charge in [0.1, 0.15) is 5.82 Å². The van der Waals surface area contributed by atoms with E-state index in [1.807, 2.05) is 48.7 Å². The number of hydrogen-bond acceptors (Lipinski definition) is 8. The number of benzene rings is 2. The number of aliphatic hydroxyl groups excluding tert-OH is 1. The SMILES string of the molecule is O=C(c1cccc(CO)c1)n1nc(-c2cc(=O)n(Cc3ccccc3)cc2N2CCOCC2)cc1NCc1ccc(Cl)s1. The number of aliphatic hydroxyl groups is 1. The van der Waals surface area contributed by atoms with Gasteiger partial charge < -0.3 is 24.6 Å². The first-order chi connectivity index (χ1) is 21.0. The van der Waals surface area contributed by atoms with Crippen molar-refractivity contribution in [2.45, 2.75) is 19.7 Å². The molecule has 0 amide bonds. The van der Waals surface area contributed by atoms with Crippen molar-refractivity contribution in [3.8, 4) is 11.3 Å². The number of carbonyl (C=O) groups is 1. The Morgan fingerprint density at radius 2 is 1.79 bits per heavy atom. The monoisotopic (exact) mass is 615 g/mol. The Morgan fingerprint density at radius 3 is 2.53 bits per heavy atom. The summed E-state index contributed by atoms with van der Waals surface area (Å²) in [7, 11) is 0. The molecule has 43 heavy (non-hydrogen) atoms. The molecule has 2 aromatic carbocycles. The lowest BCUT2D eigenvalue weighted by Crippen LogP contribution is -2.37. The van der Waals surface area contributed by atoms with Gasteiger partial charge in [0, 0.05) is 47.4 Å². The first-order valence-electron chi connectivity index (χ1n) is 13.9. The number of thiophene rings is 1. The molecule has 220 valence electrons. The molecular formula is C32H30ClN5O4S. The summed E-state index contributed by atoms with van der Waals surface area (Å²) in [6, 6.07) is 23.8. The molecule has 9 nitrogen and oxygen atoms in total. The van der Waals surface area contributed by atoms with Gasteiger partial charge in [-0.05, 0) is 35.4 Å². The van der Waals surface area contributed by atoms with Gasteiger partial charge in [-0.15, -0.1) is 11.3 Å². The lowest BCUT2D eigenvalue weighted by Gasteiger charge is -2.30. The van der Waals surface area contributed by atoms with Crippen LogP contribution in [0.5, 0.6) is 0 Å². The Labute approximate surface area is 257 Å². The van der Waals surface area contributed by atoms with Gasteiger partial charge in [-0.2, -0.15) is 9.78 Å². The topological polar surface area (TPSA) is 102 Å². The first-order valence-corrected chi connectivity index (χ1v) is 15.1. The summed E-state index contributed by atoms with van der Waals surface area (Å²) in [5, 5.41) is 17.7. The zero-order valence-corrected chi connectivity index (χ0v) is 24.9. The summed E-state index contributed by atoms with van der Waals surface area (Å²) >= 11 is 7.59. The lowest BCUT2D eigenvalue weighted by atomic mass is 10.1. The van der Waals surface area contributed by atoms with E-state index in [2.05, 4.69) is 10.2 Å². The lowest BCUT2D eigenvalue weighted by molar-refractivity contribution is 0.0947. The van der Waals surface area contributed by atoms with Gasteiger partial charge in [-0.25, -0.2) is 0 Å². The Hall–Kier alpha value is -4.22. The van der Waals surface area contributed by atoms with E-state index in [0.29, 0.717) is 71.9 Å². The zero-order chi connectivity index (χ0) is 29.8. The van der Waals surface area contributed by atoms with Crippen LogP contribution in [0.2, 0.25) is 4.34 Å². The van der Waals surface area contributed by atoms with Crippen molar-refractivity contribution in [2.75, 3.05) is 36.5 Å². The summed E-state index contributed by atoms with van der Waals surface area (Å²) in [6.07, 6.45) is 1.88. The van der Waals surface area contributed by atoms with E-state index < -0.39 is 0 Å². The van der Waals surface area contributed by atoms with Crippen LogP contribution in [0.25, 0.3) is 11.3 Å². The zero-order valence-electron chi connectivity index (χ0n) is 23.3. The number of carbonyl (C=O) groups excluding carboxylic acids is 1. The summed E-state index contributed by atoms with van der Waals surface area (Å²) in [4.78, 5) is 30.4. The molecule has 5 aromatic rings. The average molecular weight is 616 g/mol. The van der Waals surface area contributed by atoms with Crippen molar-refractivity contribution >= 4 is 40.4 Å². The standard InChI is InChI=1S/C32H30ClN5O4S/c33-29-10-9-25(43-29)18-34-30-17-27(35-38(30)32(41)24-8-4-7-23(15-24)21-39)26-16-31(40)37(19-22-5-2-1-3-6-22)20-28(26)36-11-13-42-14-12-36/h1-10,15-17,20,34,39H,11-14,18-19,21H2. The van der Waals surface area contributed by atoms with Crippen LogP contribution in [0.3, 0.4) is 0 Å². The fourth-order valence-corrected chi connectivity index (χ4v) is 6.10. The molecule has 1 aliphatic heterocycles. The maximum Gasteiger partial charge on any atom is 0.280 e. The molecule has 0 bridgehead atoms. The molecule has 0 atom stereocenters. The maximum absolute atomic E-state index is 13.8. The quantitative estimate of drug-likeness (QED) is 0.238. The minimum atomic E-state index is -0.362. The van der Waals surface area contributed by atoms with Crippen molar-refractivity contribution in [3.63, 3.8) is 0 Å². The van der Waals surface area contributed by atoms with Crippen LogP contribution < -0.4 is 15.8 Å². The van der Waals surface area contributed by atoms with E-state index in [-0.39, 0.29) is 18.1 Å². The molecule has 0 aliphatic carbocycles. The van der Waals surface area contributed by atoms with Crippen LogP contribution in [0.1, 0.15) is 26.4 Å². The van der Waals surface area contributed by atoms with Gasteiger partial charge in [0.25, 0.3) is 11.5 Å². The van der Waals surface area contributed by atoms with Crippen molar-refractivity contribution in [1.29, 1.82) is 0 Å². The largest absolute Gasteiger partial charge is 0.392 e. The molecule has 0 unspecified atom stereocenters. The predicted molar refractivity (Wildman–Crippen MR) is 169 cm³/mol. The van der Waals surface area contributed by atoms with E-state index in [1.54, 1.807) is 41.0 Å². The Bertz CT molecular complexity index is 1790. The van der Waals surface area contributed by atoms with Crippen LogP contribution in [-0.4, -0.2) is 51.7 Å². The smallest absolute Gasteiger partial charge is 0.280 e. The van der Waals surface area contributed by atoms with Gasteiger partial charge in [0.2, 0.25) is 0 Å². The molecule has 1 fully saturated rings. The predicted octanol–water partition coefficient (Wildman–Crippen LogP) is 5.10. The van der Waals surface area contributed by atoms with Crippen molar-refractivity contribution < 1.29 is 14.6 Å². The van der Waals surface area contributed by atoms with E-state index in [1.165, 1.54) is 16.0 Å². The first kappa shape index (κ1) is 28.9. The normalized spacial score (nSPS) is 13.3. The van der Waals surface area contributed by atoms with Crippen LogP contribution in [0.15, 0.2) is 89.9 Å². The fourth-order valence-electron chi connectivity index (χ4n) is 5.07. The van der Waals surface area contributed by atoms with Crippen molar-refractivity contribution in [2.24, 2.45) is 0 Å². The second kappa shape index (κ2) is 13.0. The number of ether oxygens (including phenoxy) is 1. The number of nitrogens with zero attached hydrogens (tertiary/aromatic N) is 4. The van der Waals surface area contributed by atoms with E-state index in [9.17, 15) is 14.7 Å². The van der Waals surface area contributed by atoms with Crippen molar-refractivity contribution in [1.82, 2.24) is 14.3 Å². The Balaban J connectivity index is 1.43. The minimum Gasteiger partial charge on any atom is -0.392 e. The summed E-state index contributed by atoms with van der Waals surface area (Å²) in [5.74, 6) is 0.110. The molecule has 11 heteroatoms. The average Bonchev–Trinajstić information content (AvgIpc) is 3.67. The number of pyridine rings is 1. The van der Waals surface area contributed by atoms with Gasteiger partial charge in [-0.3, -0.25) is 9.59 Å². The summed E-state index contributed by atoms with van der Waals surface area (Å²) < 4.78 is 9.30. The number of rotatable bonds is 9. The molecule has 1 saturated heterocycles. The fraction of sp³-hybridized carbons (Fsp3) is 0.219. The van der Waals surface area contributed by atoms with Crippen LogP contribution in [0, 0.1) is 0 Å². The molecule has 0 radical (unpaired) electrons. The molecule has 1 aliphatic rings. The number of anilines is 2. The number of halogens is 1. The molecular weight excluding hydrogens is 586 g/mol. The van der Waals surface area contributed by atoms with Gasteiger partial charge in [0.15, 0.2) is 0 Å². The third-order valence-electron chi connectivity index (χ3n) is 7.26. The molecule has 0 spiro atoms. The van der Waals surface area contributed by atoms with Gasteiger partial charge in [0.05, 0.1) is 48.6 Å². The highest BCUT2D eigenvalue weighted by molar-refractivity contribution is 7.16. The van der Waals surface area contributed by atoms with Crippen LogP contribution in [0.4, 0.5) is 11.5 Å². The number of morpholine rings is 1. The number of hydrogen-bond donors (Lipinski definition) is 2. The summed E-state index contributed by atoms with van der Waals surface area (Å²) in [5.41, 5.74) is 3.82. The van der Waals surface area contributed by atoms with Crippen LogP contribution in [-0.2, 0) is 24.4 Å². The maximum atomic E-state index is 13.8. The van der Waals surface area contributed by atoms with Crippen LogP contribution >= 0.6 is 22.9 Å². The van der Waals surface area contributed by atoms with E-state index in [4.69, 9.17) is 21.4 Å². The summed E-state index contributed by atoms with van der Waals surface area (Å²) in [6.45, 7) is 3.15. The third-order valence-corrected chi connectivity index (χ3v) is 8.49. The molecule has 6 rings (SSSR count). The third kappa shape index (κ3) is 6.57. The second-order valence-electron chi connectivity index (χ2n) is 10.2. The number of nitrogens with one attached hydrogen (secondary N) is 1. The molecule has 2 N–H and O–H groups in total.